The van der Waals surface area contributed by atoms with E-state index in [1.54, 1.807) is 5.48 Å². The Morgan fingerprint density at radius 3 is 2.62 bits per heavy atom. The third-order valence-corrected chi connectivity index (χ3v) is 1.85. The molecule has 0 spiro atoms. The third-order valence-electron chi connectivity index (χ3n) is 1.49. The van der Waals surface area contributed by atoms with Gasteiger partial charge in [-0.1, -0.05) is 11.6 Å². The molecular formula is C7H6ClF2NO2. The van der Waals surface area contributed by atoms with Crippen LogP contribution in [0.3, 0.4) is 0 Å². The van der Waals surface area contributed by atoms with Gasteiger partial charge < -0.3 is 10.3 Å². The molecule has 0 fully saturated rings. The van der Waals surface area contributed by atoms with Gasteiger partial charge >= 0.3 is 0 Å². The fourth-order valence-corrected chi connectivity index (χ4v) is 1.03. The number of benzene rings is 1. The van der Waals surface area contributed by atoms with Gasteiger partial charge in [-0.05, 0) is 0 Å². The Kier molecular flexibility index (Phi) is 3.02. The second-order valence-corrected chi connectivity index (χ2v) is 2.70. The SMILES string of the molecule is ONCc1c(F)cc(O)c(Cl)c1F. The van der Waals surface area contributed by atoms with Gasteiger partial charge in [-0.15, -0.1) is 0 Å². The van der Waals surface area contributed by atoms with Crippen molar-refractivity contribution in [3.05, 3.63) is 28.3 Å². The number of rotatable bonds is 2. The van der Waals surface area contributed by atoms with Crippen LogP contribution in [0.2, 0.25) is 5.02 Å². The van der Waals surface area contributed by atoms with Gasteiger partial charge in [-0.25, -0.2) is 14.3 Å². The van der Waals surface area contributed by atoms with Gasteiger partial charge in [0, 0.05) is 11.6 Å². The summed E-state index contributed by atoms with van der Waals surface area (Å²) in [4.78, 5) is 0. The van der Waals surface area contributed by atoms with Gasteiger partial charge in [-0.2, -0.15) is 0 Å². The van der Waals surface area contributed by atoms with Crippen molar-refractivity contribution in [3.63, 3.8) is 0 Å². The summed E-state index contributed by atoms with van der Waals surface area (Å²) in [5.74, 6) is -2.72. The van der Waals surface area contributed by atoms with Crippen LogP contribution in [-0.4, -0.2) is 10.3 Å². The molecule has 1 rings (SSSR count). The molecule has 13 heavy (non-hydrogen) atoms. The normalized spacial score (nSPS) is 10.5. The zero-order chi connectivity index (χ0) is 10.0. The van der Waals surface area contributed by atoms with Crippen LogP contribution in [0.4, 0.5) is 8.78 Å². The van der Waals surface area contributed by atoms with E-state index in [0.717, 1.165) is 0 Å². The average Bonchev–Trinajstić information content (AvgIpc) is 2.09. The van der Waals surface area contributed by atoms with Crippen LogP contribution in [0, 0.1) is 11.6 Å². The lowest BCUT2D eigenvalue weighted by Crippen LogP contribution is -2.10. The summed E-state index contributed by atoms with van der Waals surface area (Å²) in [5, 5.41) is 16.6. The van der Waals surface area contributed by atoms with Crippen LogP contribution < -0.4 is 5.48 Å². The van der Waals surface area contributed by atoms with Gasteiger partial charge in [0.05, 0.1) is 6.54 Å². The third kappa shape index (κ3) is 1.88. The lowest BCUT2D eigenvalue weighted by molar-refractivity contribution is 0.158. The topological polar surface area (TPSA) is 52.5 Å². The average molecular weight is 210 g/mol. The monoisotopic (exact) mass is 209 g/mol. The number of aromatic hydroxyl groups is 1. The Labute approximate surface area is 77.5 Å². The molecule has 0 unspecified atom stereocenters. The van der Waals surface area contributed by atoms with Crippen molar-refractivity contribution in [1.82, 2.24) is 5.48 Å². The number of phenolic OH excluding ortho intramolecular Hbond substituents is 1. The van der Waals surface area contributed by atoms with Crippen molar-refractivity contribution >= 4 is 11.6 Å². The van der Waals surface area contributed by atoms with E-state index in [2.05, 4.69) is 0 Å². The molecule has 0 amide bonds. The standard InChI is InChI=1S/C7H6ClF2NO2/c8-6-5(12)1-4(9)3(2-11-13)7(6)10/h1,11-13H,2H2. The van der Waals surface area contributed by atoms with E-state index in [1.165, 1.54) is 0 Å². The molecule has 0 saturated heterocycles. The van der Waals surface area contributed by atoms with E-state index in [0.29, 0.717) is 6.07 Å². The summed E-state index contributed by atoms with van der Waals surface area (Å²) in [6, 6.07) is 0.679. The first-order valence-electron chi connectivity index (χ1n) is 3.30. The molecule has 0 aliphatic carbocycles. The fraction of sp³-hybridized carbons (Fsp3) is 0.143. The predicted octanol–water partition coefficient (Wildman–Crippen LogP) is 1.80. The van der Waals surface area contributed by atoms with Gasteiger partial charge in [0.25, 0.3) is 0 Å². The molecule has 1 aromatic carbocycles. The zero-order valence-corrected chi connectivity index (χ0v) is 7.07. The van der Waals surface area contributed by atoms with Crippen molar-refractivity contribution in [2.45, 2.75) is 6.54 Å². The summed E-state index contributed by atoms with van der Waals surface area (Å²) in [5.41, 5.74) is 1.17. The Hall–Kier alpha value is -0.910. The van der Waals surface area contributed by atoms with E-state index in [-0.39, 0.29) is 0 Å². The molecule has 0 radical (unpaired) electrons. The van der Waals surface area contributed by atoms with E-state index >= 15 is 0 Å². The maximum Gasteiger partial charge on any atom is 0.153 e. The molecule has 0 bridgehead atoms. The van der Waals surface area contributed by atoms with Gasteiger partial charge in [-0.3, -0.25) is 0 Å². The van der Waals surface area contributed by atoms with Gasteiger partial charge in [0.1, 0.15) is 16.6 Å². The number of hydroxylamine groups is 1. The zero-order valence-electron chi connectivity index (χ0n) is 6.31. The maximum absolute atomic E-state index is 13.0. The molecule has 72 valence electrons. The Balaban J connectivity index is 3.26. The minimum atomic E-state index is -1.08. The van der Waals surface area contributed by atoms with E-state index in [4.69, 9.17) is 21.9 Å². The highest BCUT2D eigenvalue weighted by Crippen LogP contribution is 2.30. The number of phenols is 1. The molecule has 6 heteroatoms. The lowest BCUT2D eigenvalue weighted by Gasteiger charge is -2.06. The summed E-state index contributed by atoms with van der Waals surface area (Å²) in [6.45, 7) is -0.419. The largest absolute Gasteiger partial charge is 0.506 e. The molecule has 3 N–H and O–H groups in total. The van der Waals surface area contributed by atoms with Crippen molar-refractivity contribution in [2.24, 2.45) is 0 Å². The second kappa shape index (κ2) is 3.87. The lowest BCUT2D eigenvalue weighted by atomic mass is 10.2. The summed E-state index contributed by atoms with van der Waals surface area (Å²) in [7, 11) is 0. The van der Waals surface area contributed by atoms with Gasteiger partial charge in [0.15, 0.2) is 5.82 Å². The highest BCUT2D eigenvalue weighted by atomic mass is 35.5. The van der Waals surface area contributed by atoms with Crippen LogP contribution >= 0.6 is 11.6 Å². The summed E-state index contributed by atoms with van der Waals surface area (Å²) in [6.07, 6.45) is 0. The quantitative estimate of drug-likeness (QED) is 0.514. The maximum atomic E-state index is 13.0. The first kappa shape index (κ1) is 10.2. The van der Waals surface area contributed by atoms with Crippen LogP contribution in [-0.2, 0) is 6.54 Å². The Morgan fingerprint density at radius 1 is 1.46 bits per heavy atom. The molecule has 3 nitrogen and oxygen atoms in total. The predicted molar refractivity (Wildman–Crippen MR) is 41.7 cm³/mol. The van der Waals surface area contributed by atoms with Crippen molar-refractivity contribution < 1.29 is 19.1 Å². The number of hydrogen-bond donors (Lipinski definition) is 3. The van der Waals surface area contributed by atoms with E-state index in [9.17, 15) is 8.78 Å². The summed E-state index contributed by atoms with van der Waals surface area (Å²) >= 11 is 5.29. The Morgan fingerprint density at radius 2 is 2.08 bits per heavy atom. The Bertz CT molecular complexity index is 333. The highest BCUT2D eigenvalue weighted by Gasteiger charge is 2.16. The number of nitrogens with one attached hydrogen (secondary N) is 1. The number of hydrogen-bond acceptors (Lipinski definition) is 3. The fourth-order valence-electron chi connectivity index (χ4n) is 0.861. The highest BCUT2D eigenvalue weighted by molar-refractivity contribution is 6.32. The molecule has 1 aromatic rings. The van der Waals surface area contributed by atoms with E-state index < -0.39 is 34.5 Å². The second-order valence-electron chi connectivity index (χ2n) is 2.32. The molecule has 0 atom stereocenters. The minimum absolute atomic E-state index is 0.419. The minimum Gasteiger partial charge on any atom is -0.506 e. The van der Waals surface area contributed by atoms with Crippen molar-refractivity contribution in [3.8, 4) is 5.75 Å². The number of halogens is 3. The first-order valence-corrected chi connectivity index (χ1v) is 3.68. The molecule has 0 aliphatic rings. The molecule has 0 saturated carbocycles. The van der Waals surface area contributed by atoms with Gasteiger partial charge in [0.2, 0.25) is 0 Å². The molecule has 0 aromatic heterocycles. The van der Waals surface area contributed by atoms with Crippen LogP contribution in [0.25, 0.3) is 0 Å². The smallest absolute Gasteiger partial charge is 0.153 e. The van der Waals surface area contributed by atoms with Crippen molar-refractivity contribution in [2.75, 3.05) is 0 Å². The van der Waals surface area contributed by atoms with Crippen LogP contribution in [0.1, 0.15) is 5.56 Å². The van der Waals surface area contributed by atoms with Crippen LogP contribution in [0.15, 0.2) is 6.07 Å². The first-order chi connectivity index (χ1) is 6.07. The molecule has 0 aliphatic heterocycles. The molecule has 0 heterocycles. The van der Waals surface area contributed by atoms with Crippen molar-refractivity contribution in [1.29, 1.82) is 0 Å². The molecular weight excluding hydrogens is 204 g/mol. The van der Waals surface area contributed by atoms with E-state index in [1.807, 2.05) is 0 Å². The van der Waals surface area contributed by atoms with Crippen LogP contribution in [0.5, 0.6) is 5.75 Å². The summed E-state index contributed by atoms with van der Waals surface area (Å²) < 4.78 is 25.9.